The quantitative estimate of drug-likeness (QED) is 0.770. The molecular formula is C16H16O4S. The first-order chi connectivity index (χ1) is 10.2. The predicted molar refractivity (Wildman–Crippen MR) is 81.6 cm³/mol. The summed E-state index contributed by atoms with van der Waals surface area (Å²) in [6.45, 7) is 0. The van der Waals surface area contributed by atoms with Gasteiger partial charge in [0.15, 0.2) is 5.78 Å². The highest BCUT2D eigenvalue weighted by Gasteiger charge is 2.16. The van der Waals surface area contributed by atoms with Crippen molar-refractivity contribution < 1.29 is 18.5 Å². The van der Waals surface area contributed by atoms with Crippen molar-refractivity contribution in [2.24, 2.45) is 0 Å². The first-order valence-corrected chi connectivity index (χ1v) is 7.66. The van der Waals surface area contributed by atoms with E-state index < -0.39 is 10.8 Å². The van der Waals surface area contributed by atoms with Crippen LogP contribution in [0.1, 0.15) is 10.4 Å². The van der Waals surface area contributed by atoms with Crippen molar-refractivity contribution in [2.75, 3.05) is 20.0 Å². The first-order valence-electron chi connectivity index (χ1n) is 6.34. The second kappa shape index (κ2) is 7.04. The standard InChI is InChI=1S/C16H16O4S/c1-19-13-7-5-6-12(10-13)14(17)11-21(18)16-9-4-3-8-15(16)20-2/h3-10H,11H2,1-2H3. The van der Waals surface area contributed by atoms with Crippen molar-refractivity contribution in [3.63, 3.8) is 0 Å². The van der Waals surface area contributed by atoms with Crippen LogP contribution in [0.3, 0.4) is 0 Å². The molecule has 0 amide bonds. The Morgan fingerprint density at radius 2 is 1.81 bits per heavy atom. The number of carbonyl (C=O) groups is 1. The third-order valence-corrected chi connectivity index (χ3v) is 4.32. The number of para-hydroxylation sites is 1. The zero-order valence-corrected chi connectivity index (χ0v) is 12.7. The van der Waals surface area contributed by atoms with Crippen molar-refractivity contribution in [1.82, 2.24) is 0 Å². The minimum Gasteiger partial charge on any atom is -0.497 e. The number of Topliss-reactive ketones (excluding diaryl/α,β-unsaturated/α-hetero) is 1. The lowest BCUT2D eigenvalue weighted by atomic mass is 10.1. The van der Waals surface area contributed by atoms with Crippen molar-refractivity contribution in [3.8, 4) is 11.5 Å². The van der Waals surface area contributed by atoms with E-state index in [4.69, 9.17) is 9.47 Å². The van der Waals surface area contributed by atoms with E-state index in [9.17, 15) is 9.00 Å². The molecule has 0 aromatic heterocycles. The maximum absolute atomic E-state index is 12.3. The van der Waals surface area contributed by atoms with E-state index in [0.717, 1.165) is 0 Å². The fourth-order valence-electron chi connectivity index (χ4n) is 1.88. The minimum absolute atomic E-state index is 0.0897. The van der Waals surface area contributed by atoms with Gasteiger partial charge < -0.3 is 9.47 Å². The van der Waals surface area contributed by atoms with Crippen molar-refractivity contribution in [3.05, 3.63) is 54.1 Å². The molecule has 0 N–H and O–H groups in total. The highest BCUT2D eigenvalue weighted by atomic mass is 32.2. The highest BCUT2D eigenvalue weighted by Crippen LogP contribution is 2.22. The van der Waals surface area contributed by atoms with Gasteiger partial charge in [0.25, 0.3) is 0 Å². The lowest BCUT2D eigenvalue weighted by Gasteiger charge is -2.08. The maximum atomic E-state index is 12.3. The molecule has 0 aliphatic rings. The second-order valence-electron chi connectivity index (χ2n) is 4.30. The van der Waals surface area contributed by atoms with E-state index in [0.29, 0.717) is 22.0 Å². The van der Waals surface area contributed by atoms with E-state index in [1.54, 1.807) is 48.5 Å². The molecule has 5 heteroatoms. The Balaban J connectivity index is 2.17. The molecule has 0 fully saturated rings. The number of rotatable bonds is 6. The van der Waals surface area contributed by atoms with Gasteiger partial charge in [0.2, 0.25) is 0 Å². The van der Waals surface area contributed by atoms with Crippen LogP contribution in [0.2, 0.25) is 0 Å². The molecule has 0 radical (unpaired) electrons. The maximum Gasteiger partial charge on any atom is 0.175 e. The molecule has 0 saturated heterocycles. The van der Waals surface area contributed by atoms with Crippen LogP contribution in [0.25, 0.3) is 0 Å². The Morgan fingerprint density at radius 1 is 1.05 bits per heavy atom. The van der Waals surface area contributed by atoms with Crippen molar-refractivity contribution in [2.45, 2.75) is 4.90 Å². The van der Waals surface area contributed by atoms with Crippen molar-refractivity contribution in [1.29, 1.82) is 0 Å². The summed E-state index contributed by atoms with van der Waals surface area (Å²) < 4.78 is 22.6. The number of benzene rings is 2. The van der Waals surface area contributed by atoms with Crippen LogP contribution in [0.4, 0.5) is 0 Å². The molecule has 0 spiro atoms. The zero-order valence-electron chi connectivity index (χ0n) is 11.9. The van der Waals surface area contributed by atoms with E-state index in [1.165, 1.54) is 14.2 Å². The van der Waals surface area contributed by atoms with Gasteiger partial charge in [-0.2, -0.15) is 0 Å². The van der Waals surface area contributed by atoms with Crippen LogP contribution in [-0.4, -0.2) is 30.0 Å². The summed E-state index contributed by atoms with van der Waals surface area (Å²) in [4.78, 5) is 12.7. The number of carbonyl (C=O) groups excluding carboxylic acids is 1. The summed E-state index contributed by atoms with van der Waals surface area (Å²) >= 11 is 0. The molecule has 21 heavy (non-hydrogen) atoms. The van der Waals surface area contributed by atoms with Gasteiger partial charge in [-0.1, -0.05) is 24.3 Å². The molecule has 2 aromatic rings. The number of methoxy groups -OCH3 is 2. The normalized spacial score (nSPS) is 11.7. The Morgan fingerprint density at radius 3 is 2.52 bits per heavy atom. The van der Waals surface area contributed by atoms with Gasteiger partial charge in [-0.05, 0) is 24.3 Å². The largest absolute Gasteiger partial charge is 0.497 e. The van der Waals surface area contributed by atoms with Crippen molar-refractivity contribution >= 4 is 16.6 Å². The summed E-state index contributed by atoms with van der Waals surface area (Å²) in [5.41, 5.74) is 0.484. The lowest BCUT2D eigenvalue weighted by molar-refractivity contribution is 0.102. The molecule has 110 valence electrons. The molecule has 2 rings (SSSR count). The monoisotopic (exact) mass is 304 g/mol. The molecular weight excluding hydrogens is 288 g/mol. The van der Waals surface area contributed by atoms with Crippen LogP contribution < -0.4 is 9.47 Å². The Bertz CT molecular complexity index is 667. The molecule has 0 aliphatic carbocycles. The van der Waals surface area contributed by atoms with Gasteiger partial charge in [0.05, 0.1) is 35.7 Å². The fraction of sp³-hybridized carbons (Fsp3) is 0.188. The van der Waals surface area contributed by atoms with Gasteiger partial charge in [0, 0.05) is 5.56 Å². The lowest BCUT2D eigenvalue weighted by Crippen LogP contribution is -2.12. The summed E-state index contributed by atoms with van der Waals surface area (Å²) in [7, 11) is 1.60. The molecule has 0 bridgehead atoms. The van der Waals surface area contributed by atoms with E-state index in [-0.39, 0.29) is 11.5 Å². The number of hydrogen-bond acceptors (Lipinski definition) is 4. The van der Waals surface area contributed by atoms with Gasteiger partial charge in [0.1, 0.15) is 11.5 Å². The fourth-order valence-corrected chi connectivity index (χ4v) is 3.05. The molecule has 2 aromatic carbocycles. The van der Waals surface area contributed by atoms with Gasteiger partial charge in [-0.25, -0.2) is 0 Å². The molecule has 0 aliphatic heterocycles. The molecule has 1 atom stereocenters. The SMILES string of the molecule is COc1cccc(C(=O)CS(=O)c2ccccc2OC)c1. The smallest absolute Gasteiger partial charge is 0.175 e. The number of ether oxygens (including phenoxy) is 2. The highest BCUT2D eigenvalue weighted by molar-refractivity contribution is 7.86. The molecule has 4 nitrogen and oxygen atoms in total. The average molecular weight is 304 g/mol. The van der Waals surface area contributed by atoms with Crippen LogP contribution in [0.5, 0.6) is 11.5 Å². The summed E-state index contributed by atoms with van der Waals surface area (Å²) in [5.74, 6) is 0.837. The topological polar surface area (TPSA) is 52.6 Å². The number of hydrogen-bond donors (Lipinski definition) is 0. The van der Waals surface area contributed by atoms with Gasteiger partial charge in [-0.3, -0.25) is 9.00 Å². The summed E-state index contributed by atoms with van der Waals surface area (Å²) in [6, 6.07) is 13.8. The van der Waals surface area contributed by atoms with Crippen LogP contribution in [0.15, 0.2) is 53.4 Å². The minimum atomic E-state index is -1.45. The van der Waals surface area contributed by atoms with Crippen LogP contribution in [-0.2, 0) is 10.8 Å². The molecule has 0 saturated carbocycles. The summed E-state index contributed by atoms with van der Waals surface area (Å²) in [6.07, 6.45) is 0. The molecule has 0 heterocycles. The van der Waals surface area contributed by atoms with Crippen LogP contribution >= 0.6 is 0 Å². The Labute approximate surface area is 126 Å². The third kappa shape index (κ3) is 3.70. The van der Waals surface area contributed by atoms with Crippen LogP contribution in [0, 0.1) is 0 Å². The second-order valence-corrected chi connectivity index (χ2v) is 5.72. The summed E-state index contributed by atoms with van der Waals surface area (Å²) in [5, 5.41) is 0. The van der Waals surface area contributed by atoms with E-state index >= 15 is 0 Å². The molecule has 1 unspecified atom stereocenters. The third-order valence-electron chi connectivity index (χ3n) is 2.97. The predicted octanol–water partition coefficient (Wildman–Crippen LogP) is 2.69. The zero-order chi connectivity index (χ0) is 15.2. The van der Waals surface area contributed by atoms with E-state index in [2.05, 4.69) is 0 Å². The van der Waals surface area contributed by atoms with E-state index in [1.807, 2.05) is 0 Å². The van der Waals surface area contributed by atoms with Gasteiger partial charge >= 0.3 is 0 Å². The average Bonchev–Trinajstić information content (AvgIpc) is 2.54. The first kappa shape index (κ1) is 15.3. The Kier molecular flexibility index (Phi) is 5.11. The number of ketones is 1. The Hall–Kier alpha value is -2.14. The van der Waals surface area contributed by atoms with Gasteiger partial charge in [-0.15, -0.1) is 0 Å².